The van der Waals surface area contributed by atoms with Gasteiger partial charge in [0.2, 0.25) is 0 Å². The van der Waals surface area contributed by atoms with Gasteiger partial charge in [0.15, 0.2) is 0 Å². The van der Waals surface area contributed by atoms with Gasteiger partial charge in [0.1, 0.15) is 4.62 Å². The van der Waals surface area contributed by atoms with Crippen LogP contribution in [0.25, 0.3) is 0 Å². The number of methoxy groups -OCH3 is 1. The third-order valence-electron chi connectivity index (χ3n) is 1.51. The second-order valence-corrected chi connectivity index (χ2v) is 5.79. The van der Waals surface area contributed by atoms with Crippen LogP contribution in [0.15, 0.2) is 6.20 Å². The summed E-state index contributed by atoms with van der Waals surface area (Å²) in [7, 11) is -1.68. The summed E-state index contributed by atoms with van der Waals surface area (Å²) >= 11 is 1.17. The molecule has 1 aromatic heterocycles. The number of ether oxygens (including phenoxy) is 1. The fraction of sp³-hybridized carbons (Fsp3) is 0.625. The average Bonchev–Trinajstić information content (AvgIpc) is 2.67. The van der Waals surface area contributed by atoms with Crippen LogP contribution < -0.4 is 9.36 Å². The van der Waals surface area contributed by atoms with Crippen LogP contribution in [0.5, 0.6) is 5.19 Å². The van der Waals surface area contributed by atoms with E-state index >= 15 is 0 Å². The van der Waals surface area contributed by atoms with Crippen LogP contribution in [0.2, 0.25) is 0 Å². The van der Waals surface area contributed by atoms with Gasteiger partial charge in [-0.2, -0.15) is 0 Å². The minimum absolute atomic E-state index is 0.331. The molecule has 0 atom stereocenters. The molecule has 15 heavy (non-hydrogen) atoms. The van der Waals surface area contributed by atoms with Gasteiger partial charge in [0, 0.05) is 0 Å². The Kier molecular flexibility index (Phi) is 4.73. The molecule has 0 bridgehead atoms. The smallest absolute Gasteiger partial charge is 0.372 e. The van der Waals surface area contributed by atoms with E-state index in [1.54, 1.807) is 13.8 Å². The molecule has 5 nitrogen and oxygen atoms in total. The van der Waals surface area contributed by atoms with Crippen LogP contribution in [0.3, 0.4) is 0 Å². The summed E-state index contributed by atoms with van der Waals surface area (Å²) < 4.78 is 27.9. The van der Waals surface area contributed by atoms with E-state index in [-0.39, 0.29) is 0 Å². The zero-order valence-electron chi connectivity index (χ0n) is 8.93. The van der Waals surface area contributed by atoms with Crippen molar-refractivity contribution in [3.8, 4) is 5.19 Å². The van der Waals surface area contributed by atoms with Crippen molar-refractivity contribution in [3.63, 3.8) is 0 Å². The van der Waals surface area contributed by atoms with Gasteiger partial charge in [-0.1, -0.05) is 11.3 Å². The lowest BCUT2D eigenvalue weighted by Crippen LogP contribution is -2.06. The zero-order valence-corrected chi connectivity index (χ0v) is 10.6. The van der Waals surface area contributed by atoms with Gasteiger partial charge in [0.05, 0.1) is 26.5 Å². The van der Waals surface area contributed by atoms with E-state index < -0.39 is 7.60 Å². The highest BCUT2D eigenvalue weighted by Gasteiger charge is 2.29. The molecule has 0 aliphatic rings. The number of rotatable bonds is 6. The Morgan fingerprint density at radius 2 is 2.00 bits per heavy atom. The fourth-order valence-electron chi connectivity index (χ4n) is 0.975. The first-order valence-electron chi connectivity index (χ1n) is 4.55. The molecule has 0 saturated carbocycles. The minimum atomic E-state index is -3.19. The van der Waals surface area contributed by atoms with Crippen molar-refractivity contribution < 1.29 is 18.3 Å². The highest BCUT2D eigenvalue weighted by Crippen LogP contribution is 2.48. The van der Waals surface area contributed by atoms with Gasteiger partial charge >= 0.3 is 7.60 Å². The maximum atomic E-state index is 12.2. The van der Waals surface area contributed by atoms with Crippen LogP contribution >= 0.6 is 18.9 Å². The quantitative estimate of drug-likeness (QED) is 0.724. The van der Waals surface area contributed by atoms with E-state index in [0.717, 1.165) is 0 Å². The molecule has 0 spiro atoms. The molecule has 1 aromatic rings. The predicted octanol–water partition coefficient (Wildman–Crippen LogP) is 2.04. The topological polar surface area (TPSA) is 57.7 Å². The Hall–Kier alpha value is -0.420. The van der Waals surface area contributed by atoms with Gasteiger partial charge < -0.3 is 13.8 Å². The maximum Gasteiger partial charge on any atom is 0.372 e. The molecule has 0 unspecified atom stereocenters. The molecule has 7 heteroatoms. The third-order valence-corrected chi connectivity index (χ3v) is 5.07. The highest BCUT2D eigenvalue weighted by atomic mass is 32.1. The predicted molar refractivity (Wildman–Crippen MR) is 59.2 cm³/mol. The van der Waals surface area contributed by atoms with Crippen molar-refractivity contribution in [2.75, 3.05) is 20.3 Å². The van der Waals surface area contributed by atoms with Crippen molar-refractivity contribution in [1.82, 2.24) is 4.98 Å². The third kappa shape index (κ3) is 3.01. The molecule has 0 amide bonds. The number of aromatic nitrogens is 1. The summed E-state index contributed by atoms with van der Waals surface area (Å²) in [5, 5.41) is 0.449. The summed E-state index contributed by atoms with van der Waals surface area (Å²) in [6.07, 6.45) is 1.47. The number of hydrogen-bond donors (Lipinski definition) is 0. The lowest BCUT2D eigenvalue weighted by molar-refractivity contribution is 0.230. The molecule has 86 valence electrons. The van der Waals surface area contributed by atoms with Crippen molar-refractivity contribution >= 4 is 23.6 Å². The van der Waals surface area contributed by atoms with E-state index in [4.69, 9.17) is 13.8 Å². The van der Waals surface area contributed by atoms with Gasteiger partial charge in [-0.3, -0.25) is 4.57 Å². The normalized spacial score (nSPS) is 11.7. The van der Waals surface area contributed by atoms with Crippen molar-refractivity contribution in [2.45, 2.75) is 13.8 Å². The Morgan fingerprint density at radius 3 is 2.40 bits per heavy atom. The summed E-state index contributed by atoms with van der Waals surface area (Å²) in [5.74, 6) is 0. The van der Waals surface area contributed by atoms with Gasteiger partial charge in [-0.15, -0.1) is 0 Å². The first-order chi connectivity index (χ1) is 7.16. The summed E-state index contributed by atoms with van der Waals surface area (Å²) in [4.78, 5) is 3.93. The summed E-state index contributed by atoms with van der Waals surface area (Å²) in [6, 6.07) is 0. The van der Waals surface area contributed by atoms with Gasteiger partial charge in [-0.05, 0) is 13.8 Å². The van der Waals surface area contributed by atoms with E-state index in [2.05, 4.69) is 4.98 Å². The standard InChI is InChI=1S/C8H14NO4PS/c1-4-12-14(10,13-5-2)7-6-9-8(11-3)15-7/h6H,4-5H2,1-3H3. The van der Waals surface area contributed by atoms with E-state index in [1.807, 2.05) is 0 Å². The molecule has 0 aliphatic heterocycles. The molecule has 0 fully saturated rings. The maximum absolute atomic E-state index is 12.2. The van der Waals surface area contributed by atoms with E-state index in [0.29, 0.717) is 23.0 Å². The Morgan fingerprint density at radius 1 is 1.40 bits per heavy atom. The lowest BCUT2D eigenvalue weighted by atomic mass is 10.9. The molecular formula is C8H14NO4PS. The summed E-state index contributed by atoms with van der Waals surface area (Å²) in [6.45, 7) is 4.20. The second-order valence-electron chi connectivity index (χ2n) is 2.50. The monoisotopic (exact) mass is 251 g/mol. The minimum Gasteiger partial charge on any atom is -0.473 e. The zero-order chi connectivity index (χ0) is 11.3. The van der Waals surface area contributed by atoms with Crippen LogP contribution in [-0.2, 0) is 13.6 Å². The molecule has 1 rings (SSSR count). The molecule has 0 N–H and O–H groups in total. The molecule has 1 heterocycles. The van der Waals surface area contributed by atoms with Crippen molar-refractivity contribution in [3.05, 3.63) is 6.20 Å². The Balaban J connectivity index is 2.93. The number of nitrogens with zero attached hydrogens (tertiary/aromatic N) is 1. The highest BCUT2D eigenvalue weighted by molar-refractivity contribution is 7.68. The number of thiazole rings is 1. The van der Waals surface area contributed by atoms with Crippen LogP contribution in [0, 0.1) is 0 Å². The van der Waals surface area contributed by atoms with Crippen LogP contribution in [0.1, 0.15) is 13.8 Å². The largest absolute Gasteiger partial charge is 0.473 e. The Bertz CT molecular complexity index is 344. The van der Waals surface area contributed by atoms with Crippen molar-refractivity contribution in [2.24, 2.45) is 0 Å². The van der Waals surface area contributed by atoms with Gasteiger partial charge in [0.25, 0.3) is 5.19 Å². The van der Waals surface area contributed by atoms with E-state index in [9.17, 15) is 4.57 Å². The lowest BCUT2D eigenvalue weighted by Gasteiger charge is -2.14. The molecule has 0 radical (unpaired) electrons. The first-order valence-corrected chi connectivity index (χ1v) is 6.91. The van der Waals surface area contributed by atoms with Crippen molar-refractivity contribution in [1.29, 1.82) is 0 Å². The molecule has 0 saturated heterocycles. The van der Waals surface area contributed by atoms with Crippen LogP contribution in [0.4, 0.5) is 0 Å². The second kappa shape index (κ2) is 5.61. The Labute approximate surface area is 92.9 Å². The average molecular weight is 251 g/mol. The molecule has 0 aliphatic carbocycles. The van der Waals surface area contributed by atoms with Crippen LogP contribution in [-0.4, -0.2) is 25.3 Å². The fourth-order valence-corrected chi connectivity index (χ4v) is 3.65. The molecular weight excluding hydrogens is 237 g/mol. The number of hydrogen-bond acceptors (Lipinski definition) is 6. The SMILES string of the molecule is CCOP(=O)(OCC)c1cnc(OC)s1. The first kappa shape index (κ1) is 12.6. The van der Waals surface area contributed by atoms with Gasteiger partial charge in [-0.25, -0.2) is 4.98 Å². The summed E-state index contributed by atoms with van der Waals surface area (Å²) in [5.41, 5.74) is 0. The van der Waals surface area contributed by atoms with E-state index in [1.165, 1.54) is 24.6 Å². The molecule has 0 aromatic carbocycles.